The van der Waals surface area contributed by atoms with Crippen molar-refractivity contribution in [3.05, 3.63) is 65.2 Å². The first kappa shape index (κ1) is 12.9. The number of nitriles is 1. The highest BCUT2D eigenvalue weighted by Crippen LogP contribution is 2.28. The van der Waals surface area contributed by atoms with Crippen molar-refractivity contribution >= 4 is 22.6 Å². The van der Waals surface area contributed by atoms with Gasteiger partial charge in [0.25, 0.3) is 5.91 Å². The number of carbonyl (C=O) groups is 1. The Kier molecular flexibility index (Phi) is 2.96. The van der Waals surface area contributed by atoms with Crippen molar-refractivity contribution in [2.75, 3.05) is 5.73 Å². The first-order valence-corrected chi connectivity index (χ1v) is 6.54. The molecule has 2 aromatic carbocycles. The zero-order chi connectivity index (χ0) is 15.0. The minimum absolute atomic E-state index is 0.185. The highest BCUT2D eigenvalue weighted by molar-refractivity contribution is 6.07. The molecule has 0 aliphatic heterocycles. The summed E-state index contributed by atoms with van der Waals surface area (Å²) in [5.41, 5.74) is 8.62. The minimum atomic E-state index is -0.231. The number of anilines is 1. The van der Waals surface area contributed by atoms with E-state index in [1.165, 1.54) is 4.57 Å². The Morgan fingerprint density at radius 1 is 1.14 bits per heavy atom. The molecule has 4 nitrogen and oxygen atoms in total. The van der Waals surface area contributed by atoms with Crippen LogP contribution in [0.25, 0.3) is 10.9 Å². The van der Waals surface area contributed by atoms with Gasteiger partial charge in [-0.05, 0) is 25.1 Å². The van der Waals surface area contributed by atoms with Gasteiger partial charge in [0.2, 0.25) is 0 Å². The van der Waals surface area contributed by atoms with Crippen LogP contribution in [0.4, 0.5) is 5.82 Å². The number of fused-ring (bicyclic) bond motifs is 1. The van der Waals surface area contributed by atoms with Gasteiger partial charge in [0.15, 0.2) is 0 Å². The van der Waals surface area contributed by atoms with Gasteiger partial charge in [-0.25, -0.2) is 0 Å². The standard InChI is InChI=1S/C17H13N3O/c1-11-6-8-12(9-7-11)17(21)20-15-5-3-2-4-13(15)14(10-18)16(20)19/h2-9H,19H2,1H3. The number of hydrogen-bond acceptors (Lipinski definition) is 3. The van der Waals surface area contributed by atoms with Gasteiger partial charge in [-0.2, -0.15) is 5.26 Å². The smallest absolute Gasteiger partial charge is 0.264 e. The van der Waals surface area contributed by atoms with Gasteiger partial charge in [0.05, 0.1) is 5.52 Å². The molecule has 0 atom stereocenters. The predicted octanol–water partition coefficient (Wildman–Crippen LogP) is 3.09. The van der Waals surface area contributed by atoms with Gasteiger partial charge in [0.1, 0.15) is 17.5 Å². The minimum Gasteiger partial charge on any atom is -0.384 e. The molecular weight excluding hydrogens is 262 g/mol. The molecule has 0 fully saturated rings. The first-order valence-electron chi connectivity index (χ1n) is 6.54. The number of aryl methyl sites for hydroxylation is 1. The molecule has 4 heteroatoms. The quantitative estimate of drug-likeness (QED) is 0.741. The Balaban J connectivity index is 2.25. The number of carbonyl (C=O) groups excluding carboxylic acids is 1. The molecule has 0 saturated heterocycles. The number of aromatic nitrogens is 1. The lowest BCUT2D eigenvalue weighted by Gasteiger charge is -2.06. The molecule has 0 bridgehead atoms. The van der Waals surface area contributed by atoms with Crippen molar-refractivity contribution in [3.63, 3.8) is 0 Å². The third-order valence-corrected chi connectivity index (χ3v) is 3.52. The summed E-state index contributed by atoms with van der Waals surface area (Å²) in [6.45, 7) is 1.96. The molecule has 102 valence electrons. The number of rotatable bonds is 1. The van der Waals surface area contributed by atoms with Crippen LogP contribution >= 0.6 is 0 Å². The summed E-state index contributed by atoms with van der Waals surface area (Å²) in [5.74, 6) is -0.0468. The largest absolute Gasteiger partial charge is 0.384 e. The molecule has 0 amide bonds. The second-order valence-electron chi connectivity index (χ2n) is 4.90. The van der Waals surface area contributed by atoms with Crippen LogP contribution in [-0.2, 0) is 0 Å². The number of nitrogens with two attached hydrogens (primary N) is 1. The molecular formula is C17H13N3O. The van der Waals surface area contributed by atoms with Crippen LogP contribution in [-0.4, -0.2) is 10.5 Å². The van der Waals surface area contributed by atoms with E-state index in [0.29, 0.717) is 22.0 Å². The van der Waals surface area contributed by atoms with E-state index in [1.807, 2.05) is 31.2 Å². The van der Waals surface area contributed by atoms with Gasteiger partial charge in [-0.1, -0.05) is 35.9 Å². The molecule has 3 aromatic rings. The summed E-state index contributed by atoms with van der Waals surface area (Å²) in [6, 6.07) is 16.6. The maximum absolute atomic E-state index is 12.7. The van der Waals surface area contributed by atoms with Gasteiger partial charge in [0, 0.05) is 10.9 Å². The molecule has 1 heterocycles. The molecule has 0 aliphatic rings. The summed E-state index contributed by atoms with van der Waals surface area (Å²) in [7, 11) is 0. The normalized spacial score (nSPS) is 10.5. The van der Waals surface area contributed by atoms with Gasteiger partial charge in [-0.15, -0.1) is 0 Å². The molecule has 0 radical (unpaired) electrons. The molecule has 0 saturated carbocycles. The average Bonchev–Trinajstić information content (AvgIpc) is 2.78. The van der Waals surface area contributed by atoms with E-state index >= 15 is 0 Å². The van der Waals surface area contributed by atoms with Crippen LogP contribution in [0.2, 0.25) is 0 Å². The maximum atomic E-state index is 12.7. The topological polar surface area (TPSA) is 71.8 Å². The number of nitrogen functional groups attached to an aromatic ring is 1. The van der Waals surface area contributed by atoms with Crippen molar-refractivity contribution in [1.29, 1.82) is 5.26 Å². The van der Waals surface area contributed by atoms with E-state index in [9.17, 15) is 10.1 Å². The van der Waals surface area contributed by atoms with Crippen molar-refractivity contribution in [3.8, 4) is 6.07 Å². The zero-order valence-electron chi connectivity index (χ0n) is 11.5. The number of nitrogens with zero attached hydrogens (tertiary/aromatic N) is 2. The third-order valence-electron chi connectivity index (χ3n) is 3.52. The van der Waals surface area contributed by atoms with E-state index in [2.05, 4.69) is 6.07 Å². The van der Waals surface area contributed by atoms with Crippen LogP contribution in [0.1, 0.15) is 21.5 Å². The van der Waals surface area contributed by atoms with E-state index in [-0.39, 0.29) is 11.7 Å². The van der Waals surface area contributed by atoms with E-state index in [1.54, 1.807) is 24.3 Å². The van der Waals surface area contributed by atoms with Gasteiger partial charge in [-0.3, -0.25) is 9.36 Å². The highest BCUT2D eigenvalue weighted by atomic mass is 16.2. The Morgan fingerprint density at radius 2 is 1.81 bits per heavy atom. The molecule has 3 rings (SSSR count). The van der Waals surface area contributed by atoms with Gasteiger partial charge < -0.3 is 5.73 Å². The van der Waals surface area contributed by atoms with Crippen molar-refractivity contribution in [1.82, 2.24) is 4.57 Å². The molecule has 0 unspecified atom stereocenters. The SMILES string of the molecule is Cc1ccc(C(=O)n2c(N)c(C#N)c3ccccc32)cc1. The van der Waals surface area contributed by atoms with Crippen LogP contribution in [0.3, 0.4) is 0 Å². The zero-order valence-corrected chi connectivity index (χ0v) is 11.5. The number of benzene rings is 2. The summed E-state index contributed by atoms with van der Waals surface area (Å²) < 4.78 is 1.40. The Bertz CT molecular complexity index is 883. The highest BCUT2D eigenvalue weighted by Gasteiger charge is 2.20. The summed E-state index contributed by atoms with van der Waals surface area (Å²) >= 11 is 0. The lowest BCUT2D eigenvalue weighted by atomic mass is 10.1. The monoisotopic (exact) mass is 275 g/mol. The predicted molar refractivity (Wildman–Crippen MR) is 82.0 cm³/mol. The number of para-hydroxylation sites is 1. The van der Waals surface area contributed by atoms with E-state index in [4.69, 9.17) is 5.73 Å². The fraction of sp³-hybridized carbons (Fsp3) is 0.0588. The van der Waals surface area contributed by atoms with Crippen LogP contribution < -0.4 is 5.73 Å². The Morgan fingerprint density at radius 3 is 2.48 bits per heavy atom. The second kappa shape index (κ2) is 4.80. The molecule has 2 N–H and O–H groups in total. The average molecular weight is 275 g/mol. The van der Waals surface area contributed by atoms with Gasteiger partial charge >= 0.3 is 0 Å². The summed E-state index contributed by atoms with van der Waals surface area (Å²) in [5, 5.41) is 9.96. The molecule has 1 aromatic heterocycles. The Labute approximate surface area is 122 Å². The van der Waals surface area contributed by atoms with Crippen molar-refractivity contribution in [2.24, 2.45) is 0 Å². The number of hydrogen-bond donors (Lipinski definition) is 1. The third kappa shape index (κ3) is 1.96. The maximum Gasteiger partial charge on any atom is 0.264 e. The summed E-state index contributed by atoms with van der Waals surface area (Å²) in [4.78, 5) is 12.7. The molecule has 21 heavy (non-hydrogen) atoms. The van der Waals surface area contributed by atoms with Crippen LogP contribution in [0, 0.1) is 18.3 Å². The van der Waals surface area contributed by atoms with Crippen LogP contribution in [0.5, 0.6) is 0 Å². The van der Waals surface area contributed by atoms with Crippen molar-refractivity contribution in [2.45, 2.75) is 6.92 Å². The first-order chi connectivity index (χ1) is 10.1. The van der Waals surface area contributed by atoms with Crippen molar-refractivity contribution < 1.29 is 4.79 Å². The molecule has 0 spiro atoms. The molecule has 0 aliphatic carbocycles. The second-order valence-corrected chi connectivity index (χ2v) is 4.90. The fourth-order valence-electron chi connectivity index (χ4n) is 2.42. The fourth-order valence-corrected chi connectivity index (χ4v) is 2.42. The van der Waals surface area contributed by atoms with Crippen LogP contribution in [0.15, 0.2) is 48.5 Å². The van der Waals surface area contributed by atoms with E-state index in [0.717, 1.165) is 5.56 Å². The lowest BCUT2D eigenvalue weighted by molar-refractivity contribution is 0.0967. The Hall–Kier alpha value is -3.06. The summed E-state index contributed by atoms with van der Waals surface area (Å²) in [6.07, 6.45) is 0. The lowest BCUT2D eigenvalue weighted by Crippen LogP contribution is -2.14. The van der Waals surface area contributed by atoms with E-state index < -0.39 is 0 Å².